The summed E-state index contributed by atoms with van der Waals surface area (Å²) in [6.07, 6.45) is 3.77. The summed E-state index contributed by atoms with van der Waals surface area (Å²) >= 11 is 0. The molecule has 3 aromatic rings. The van der Waals surface area contributed by atoms with E-state index < -0.39 is 15.6 Å². The molecule has 1 aliphatic heterocycles. The zero-order valence-electron chi connectivity index (χ0n) is 25.4. The van der Waals surface area contributed by atoms with Crippen molar-refractivity contribution in [2.45, 2.75) is 89.3 Å². The summed E-state index contributed by atoms with van der Waals surface area (Å²) in [6.45, 7) is 10.3. The molecule has 43 heavy (non-hydrogen) atoms. The minimum atomic E-state index is -4.12. The van der Waals surface area contributed by atoms with Gasteiger partial charge in [-0.25, -0.2) is 18.1 Å². The lowest BCUT2D eigenvalue weighted by Crippen LogP contribution is -2.64. The molecule has 2 aliphatic carbocycles. The van der Waals surface area contributed by atoms with E-state index in [1.165, 1.54) is 12.1 Å². The fraction of sp³-hybridized carbons (Fsp3) is 0.485. The Kier molecular flexibility index (Phi) is 7.28. The van der Waals surface area contributed by atoms with Gasteiger partial charge in [0.2, 0.25) is 11.8 Å². The highest BCUT2D eigenvalue weighted by molar-refractivity contribution is 7.92. The Morgan fingerprint density at radius 3 is 2.40 bits per heavy atom. The number of nitrogens with one attached hydrogen (secondary N) is 1. The van der Waals surface area contributed by atoms with Crippen LogP contribution in [0.3, 0.4) is 0 Å². The van der Waals surface area contributed by atoms with Gasteiger partial charge in [-0.1, -0.05) is 38.1 Å². The van der Waals surface area contributed by atoms with Crippen molar-refractivity contribution in [3.05, 3.63) is 65.2 Å². The lowest BCUT2D eigenvalue weighted by molar-refractivity contribution is -0.175. The van der Waals surface area contributed by atoms with E-state index in [9.17, 15) is 18.3 Å². The Labute approximate surface area is 253 Å². The first-order valence-corrected chi connectivity index (χ1v) is 16.5. The van der Waals surface area contributed by atoms with Gasteiger partial charge in [0.1, 0.15) is 6.61 Å². The summed E-state index contributed by atoms with van der Waals surface area (Å²) in [5.41, 5.74) is 3.13. The molecular formula is C33H40N4O5S. The normalized spacial score (nSPS) is 28.1. The number of sulfonamides is 1. The summed E-state index contributed by atoms with van der Waals surface area (Å²) < 4.78 is 36.0. The predicted molar refractivity (Wildman–Crippen MR) is 164 cm³/mol. The number of aromatic nitrogens is 2. The third-order valence-corrected chi connectivity index (χ3v) is 10.4. The zero-order chi connectivity index (χ0) is 30.7. The molecule has 2 N–H and O–H groups in total. The van der Waals surface area contributed by atoms with E-state index in [1.54, 1.807) is 18.2 Å². The Bertz CT molecular complexity index is 1650. The van der Waals surface area contributed by atoms with Crippen LogP contribution in [0.1, 0.15) is 74.4 Å². The van der Waals surface area contributed by atoms with Crippen molar-refractivity contribution in [1.82, 2.24) is 14.9 Å². The largest absolute Gasteiger partial charge is 0.475 e. The molecule has 10 heteroatoms. The van der Waals surface area contributed by atoms with E-state index in [4.69, 9.17) is 4.74 Å². The number of benzene rings is 2. The Morgan fingerprint density at radius 1 is 1.07 bits per heavy atom. The van der Waals surface area contributed by atoms with Crippen LogP contribution in [0.5, 0.6) is 5.88 Å². The second kappa shape index (κ2) is 10.6. The maximum atomic E-state index is 14.3. The molecule has 2 saturated carbocycles. The molecular weight excluding hydrogens is 564 g/mol. The van der Waals surface area contributed by atoms with Gasteiger partial charge < -0.3 is 14.7 Å². The summed E-state index contributed by atoms with van der Waals surface area (Å²) in [5.74, 6) is 0.196. The standard InChI is InChI=1S/C33H40N4O5S/c1-20(2)12-24-17-42-28-14-27(29-21(3)8-6-9-22(29)4)34-31(35-28)36-43(40,41)26-11-7-10-23(13-26)30(38)37(24)25-15-33(16-25)18-32(5,39)19-33/h6-11,13-14,20,24-25,39H,12,15-19H2,1-5H3,(H,34,35,36)/t24-,25?,32?,33?/m1/s1. The molecule has 1 amide bonds. The minimum Gasteiger partial charge on any atom is -0.475 e. The Hall–Kier alpha value is -3.50. The van der Waals surface area contributed by atoms with Crippen molar-refractivity contribution in [2.24, 2.45) is 11.3 Å². The van der Waals surface area contributed by atoms with Crippen LogP contribution in [0, 0.1) is 25.2 Å². The minimum absolute atomic E-state index is 0.0365. The fourth-order valence-electron chi connectivity index (χ4n) is 7.62. The smallest absolute Gasteiger partial charge is 0.264 e. The maximum Gasteiger partial charge on any atom is 0.264 e. The molecule has 2 heterocycles. The number of aliphatic hydroxyl groups is 1. The van der Waals surface area contributed by atoms with Gasteiger partial charge in [0.05, 0.1) is 22.2 Å². The molecule has 3 aliphatic rings. The van der Waals surface area contributed by atoms with Gasteiger partial charge in [0.15, 0.2) is 0 Å². The number of fused-ring (bicyclic) bond motifs is 4. The second-order valence-corrected chi connectivity index (χ2v) is 15.2. The van der Waals surface area contributed by atoms with Crippen LogP contribution in [-0.2, 0) is 10.0 Å². The van der Waals surface area contributed by atoms with E-state index in [0.717, 1.165) is 42.4 Å². The zero-order valence-corrected chi connectivity index (χ0v) is 26.2. The molecule has 0 radical (unpaired) electrons. The highest BCUT2D eigenvalue weighted by Gasteiger charge is 2.59. The number of carbonyl (C=O) groups is 1. The van der Waals surface area contributed by atoms with Gasteiger partial charge in [-0.15, -0.1) is 0 Å². The number of hydrogen-bond acceptors (Lipinski definition) is 7. The first-order valence-electron chi connectivity index (χ1n) is 15.0. The van der Waals surface area contributed by atoms with E-state index >= 15 is 0 Å². The monoisotopic (exact) mass is 604 g/mol. The summed E-state index contributed by atoms with van der Waals surface area (Å²) in [5, 5.41) is 10.4. The molecule has 4 bridgehead atoms. The van der Waals surface area contributed by atoms with E-state index in [1.807, 2.05) is 43.9 Å². The van der Waals surface area contributed by atoms with Gasteiger partial charge in [-0.2, -0.15) is 4.98 Å². The van der Waals surface area contributed by atoms with Crippen LogP contribution in [-0.4, -0.2) is 58.6 Å². The van der Waals surface area contributed by atoms with Crippen molar-refractivity contribution >= 4 is 21.9 Å². The van der Waals surface area contributed by atoms with E-state index in [2.05, 4.69) is 28.5 Å². The molecule has 2 fully saturated rings. The lowest BCUT2D eigenvalue weighted by atomic mass is 9.48. The number of ether oxygens (including phenoxy) is 1. The van der Waals surface area contributed by atoms with Crippen LogP contribution in [0.15, 0.2) is 53.4 Å². The molecule has 1 aromatic heterocycles. The number of rotatable bonds is 4. The number of anilines is 1. The van der Waals surface area contributed by atoms with E-state index in [-0.39, 0.29) is 52.7 Å². The molecule has 1 atom stereocenters. The fourth-order valence-corrected chi connectivity index (χ4v) is 8.61. The first kappa shape index (κ1) is 29.6. The SMILES string of the molecule is Cc1cccc(C)c1-c1cc2nc(n1)NS(=O)(=O)c1cccc(c1)C(=O)N(C1CC3(C1)CC(C)(O)C3)[C@H](CC(C)C)CO2. The number of amides is 1. The van der Waals surface area contributed by atoms with Gasteiger partial charge in [0, 0.05) is 23.2 Å². The van der Waals surface area contributed by atoms with Crippen molar-refractivity contribution in [3.63, 3.8) is 0 Å². The summed E-state index contributed by atoms with van der Waals surface area (Å²) in [4.78, 5) is 25.2. The quantitative estimate of drug-likeness (QED) is 0.403. The highest BCUT2D eigenvalue weighted by atomic mass is 32.2. The molecule has 1 spiro atoms. The van der Waals surface area contributed by atoms with Crippen LogP contribution in [0.2, 0.25) is 0 Å². The molecule has 2 aromatic carbocycles. The molecule has 0 saturated heterocycles. The van der Waals surface area contributed by atoms with Crippen LogP contribution >= 0.6 is 0 Å². The third kappa shape index (κ3) is 5.74. The van der Waals surface area contributed by atoms with Crippen molar-refractivity contribution in [2.75, 3.05) is 11.3 Å². The van der Waals surface area contributed by atoms with Crippen molar-refractivity contribution in [3.8, 4) is 17.1 Å². The maximum absolute atomic E-state index is 14.3. The van der Waals surface area contributed by atoms with Gasteiger partial charge >= 0.3 is 0 Å². The van der Waals surface area contributed by atoms with Crippen LogP contribution in [0.4, 0.5) is 5.95 Å². The Balaban J connectivity index is 1.45. The number of aryl methyl sites for hydroxylation is 2. The molecule has 0 unspecified atom stereocenters. The predicted octanol–water partition coefficient (Wildman–Crippen LogP) is 5.50. The van der Waals surface area contributed by atoms with Gasteiger partial charge in [0.25, 0.3) is 15.9 Å². The molecule has 6 rings (SSSR count). The summed E-state index contributed by atoms with van der Waals surface area (Å²) in [6, 6.07) is 13.5. The number of hydrogen-bond donors (Lipinski definition) is 2. The summed E-state index contributed by atoms with van der Waals surface area (Å²) in [7, 11) is -4.12. The van der Waals surface area contributed by atoms with Crippen molar-refractivity contribution < 1.29 is 23.1 Å². The number of nitrogens with zero attached hydrogens (tertiary/aromatic N) is 3. The molecule has 228 valence electrons. The molecule has 9 nitrogen and oxygen atoms in total. The van der Waals surface area contributed by atoms with Gasteiger partial charge in [-0.3, -0.25) is 4.79 Å². The Morgan fingerprint density at radius 2 is 1.74 bits per heavy atom. The van der Waals surface area contributed by atoms with Crippen LogP contribution < -0.4 is 9.46 Å². The van der Waals surface area contributed by atoms with Crippen molar-refractivity contribution in [1.29, 1.82) is 0 Å². The average Bonchev–Trinajstić information content (AvgIpc) is 2.88. The topological polar surface area (TPSA) is 122 Å². The third-order valence-electron chi connectivity index (χ3n) is 9.09. The lowest BCUT2D eigenvalue weighted by Gasteiger charge is -2.63. The average molecular weight is 605 g/mol. The number of carbonyl (C=O) groups excluding carboxylic acids is 1. The van der Waals surface area contributed by atoms with Crippen LogP contribution in [0.25, 0.3) is 11.3 Å². The van der Waals surface area contributed by atoms with E-state index in [0.29, 0.717) is 17.7 Å². The first-order chi connectivity index (χ1) is 20.2. The van der Waals surface area contributed by atoms with Gasteiger partial charge in [-0.05, 0) is 93.5 Å². The highest BCUT2D eigenvalue weighted by Crippen LogP contribution is 2.61. The second-order valence-electron chi connectivity index (χ2n) is 13.5.